The third kappa shape index (κ3) is 4.56. The van der Waals surface area contributed by atoms with E-state index in [1.165, 1.54) is 18.7 Å². The number of amides is 1. The molecule has 3 atom stereocenters. The maximum atomic E-state index is 12.8. The van der Waals surface area contributed by atoms with E-state index in [1.807, 2.05) is 24.5 Å². The van der Waals surface area contributed by atoms with Crippen molar-refractivity contribution in [1.29, 1.82) is 5.26 Å². The Bertz CT molecular complexity index is 1160. The predicted octanol–water partition coefficient (Wildman–Crippen LogP) is 5.82. The minimum atomic E-state index is -4.53. The molecule has 178 valence electrons. The van der Waals surface area contributed by atoms with Crippen molar-refractivity contribution in [2.75, 3.05) is 0 Å². The van der Waals surface area contributed by atoms with Crippen LogP contribution < -0.4 is 5.32 Å². The highest BCUT2D eigenvalue weighted by Gasteiger charge is 2.38. The maximum absolute atomic E-state index is 12.8. The van der Waals surface area contributed by atoms with Gasteiger partial charge in [-0.3, -0.25) is 14.8 Å². The van der Waals surface area contributed by atoms with Crippen molar-refractivity contribution in [3.05, 3.63) is 58.7 Å². The molecule has 5 nitrogen and oxygen atoms in total. The number of pyridine rings is 2. The van der Waals surface area contributed by atoms with E-state index >= 15 is 0 Å². The van der Waals surface area contributed by atoms with Gasteiger partial charge in [-0.1, -0.05) is 26.2 Å². The number of fused-ring (bicyclic) bond motifs is 1. The summed E-state index contributed by atoms with van der Waals surface area (Å²) in [4.78, 5) is 21.4. The Morgan fingerprint density at radius 2 is 1.97 bits per heavy atom. The SMILES string of the molecule is Cc1cnc2c(c1)C(C#N)=C(c1ccc(C(=O)NC(C)C(F)(F)F)cn1)CC(C1CCC1)C2C. The van der Waals surface area contributed by atoms with Crippen molar-refractivity contribution >= 4 is 17.1 Å². The van der Waals surface area contributed by atoms with Gasteiger partial charge in [-0.25, -0.2) is 0 Å². The zero-order valence-corrected chi connectivity index (χ0v) is 19.4. The van der Waals surface area contributed by atoms with E-state index < -0.39 is 18.1 Å². The molecule has 8 heteroatoms. The Morgan fingerprint density at radius 3 is 2.53 bits per heavy atom. The zero-order valence-electron chi connectivity index (χ0n) is 19.4. The summed E-state index contributed by atoms with van der Waals surface area (Å²) in [5, 5.41) is 12.1. The molecule has 2 aliphatic rings. The molecular weight excluding hydrogens is 441 g/mol. The molecule has 4 rings (SSSR count). The molecule has 1 saturated carbocycles. The fourth-order valence-electron chi connectivity index (χ4n) is 4.89. The van der Waals surface area contributed by atoms with E-state index in [0.717, 1.165) is 42.2 Å². The topological polar surface area (TPSA) is 78.7 Å². The average molecular weight is 469 g/mol. The summed E-state index contributed by atoms with van der Waals surface area (Å²) in [5.74, 6) is 0.190. The fraction of sp³-hybridized carbons (Fsp3) is 0.462. The van der Waals surface area contributed by atoms with Gasteiger partial charge in [0, 0.05) is 23.9 Å². The lowest BCUT2D eigenvalue weighted by Gasteiger charge is -2.37. The molecule has 0 bridgehead atoms. The van der Waals surface area contributed by atoms with Crippen LogP contribution in [0.15, 0.2) is 30.6 Å². The Hall–Kier alpha value is -3.21. The molecule has 1 amide bonds. The van der Waals surface area contributed by atoms with Crippen LogP contribution in [0.2, 0.25) is 0 Å². The van der Waals surface area contributed by atoms with E-state index in [0.29, 0.717) is 29.5 Å². The lowest BCUT2D eigenvalue weighted by Crippen LogP contribution is -2.43. The molecule has 2 aromatic heterocycles. The molecule has 0 saturated heterocycles. The first-order valence-corrected chi connectivity index (χ1v) is 11.5. The smallest absolute Gasteiger partial charge is 0.340 e. The molecule has 0 spiro atoms. The molecule has 2 aromatic rings. The summed E-state index contributed by atoms with van der Waals surface area (Å²) in [6.07, 6.45) is 2.74. The van der Waals surface area contributed by atoms with Crippen LogP contribution in [-0.4, -0.2) is 28.1 Å². The number of aromatic nitrogens is 2. The van der Waals surface area contributed by atoms with Crippen molar-refractivity contribution in [3.63, 3.8) is 0 Å². The van der Waals surface area contributed by atoms with Gasteiger partial charge in [0.25, 0.3) is 5.91 Å². The molecule has 0 radical (unpaired) electrons. The van der Waals surface area contributed by atoms with Crippen molar-refractivity contribution in [1.82, 2.24) is 15.3 Å². The highest BCUT2D eigenvalue weighted by atomic mass is 19.4. The predicted molar refractivity (Wildman–Crippen MR) is 122 cm³/mol. The minimum absolute atomic E-state index is 0.0365. The largest absolute Gasteiger partial charge is 0.408 e. The maximum Gasteiger partial charge on any atom is 0.408 e. The summed E-state index contributed by atoms with van der Waals surface area (Å²) in [6, 6.07) is 5.47. The van der Waals surface area contributed by atoms with E-state index in [2.05, 4.69) is 18.0 Å². The first-order chi connectivity index (χ1) is 16.1. The van der Waals surface area contributed by atoms with Crippen LogP contribution in [0, 0.1) is 30.1 Å². The highest BCUT2D eigenvalue weighted by molar-refractivity contribution is 5.99. The molecule has 2 heterocycles. The van der Waals surface area contributed by atoms with E-state index in [9.17, 15) is 23.2 Å². The highest BCUT2D eigenvalue weighted by Crippen LogP contribution is 2.49. The molecular formula is C26H27F3N4O. The second kappa shape index (κ2) is 9.21. The third-order valence-corrected chi connectivity index (χ3v) is 7.18. The van der Waals surface area contributed by atoms with Gasteiger partial charge in [0.15, 0.2) is 0 Å². The van der Waals surface area contributed by atoms with Gasteiger partial charge in [0.1, 0.15) is 12.1 Å². The normalized spacial score (nSPS) is 21.7. The number of alkyl halides is 3. The molecule has 3 unspecified atom stereocenters. The van der Waals surface area contributed by atoms with Gasteiger partial charge in [-0.15, -0.1) is 0 Å². The van der Waals surface area contributed by atoms with Gasteiger partial charge in [0.05, 0.1) is 22.5 Å². The van der Waals surface area contributed by atoms with Gasteiger partial charge in [0.2, 0.25) is 0 Å². The molecule has 0 aromatic carbocycles. The standard InChI is InChI=1S/C26H27F3N4O/c1-14-9-21-22(11-30)20(10-19(17-5-4-6-17)15(2)24(21)32-12-14)23-8-7-18(13-31-23)25(34)33-16(3)26(27,28)29/h7-9,12-13,15-17,19H,4-6,10H2,1-3H3,(H,33,34). The van der Waals surface area contributed by atoms with Crippen LogP contribution in [0.5, 0.6) is 0 Å². The molecule has 1 fully saturated rings. The van der Waals surface area contributed by atoms with Crippen LogP contribution in [0.3, 0.4) is 0 Å². The van der Waals surface area contributed by atoms with Crippen molar-refractivity contribution < 1.29 is 18.0 Å². The minimum Gasteiger partial charge on any atom is -0.340 e. The van der Waals surface area contributed by atoms with Crippen LogP contribution >= 0.6 is 0 Å². The first-order valence-electron chi connectivity index (χ1n) is 11.5. The summed E-state index contributed by atoms with van der Waals surface area (Å²) in [5.41, 5.74) is 4.61. The number of carbonyl (C=O) groups is 1. The van der Waals surface area contributed by atoms with E-state index in [1.54, 1.807) is 6.07 Å². The number of carbonyl (C=O) groups excluding carboxylic acids is 1. The monoisotopic (exact) mass is 468 g/mol. The lowest BCUT2D eigenvalue weighted by atomic mass is 9.68. The van der Waals surface area contributed by atoms with Crippen LogP contribution in [-0.2, 0) is 0 Å². The van der Waals surface area contributed by atoms with Gasteiger partial charge in [-0.05, 0) is 61.4 Å². The number of aryl methyl sites for hydroxylation is 1. The summed E-state index contributed by atoms with van der Waals surface area (Å²) in [6.45, 7) is 5.00. The third-order valence-electron chi connectivity index (χ3n) is 7.18. The quantitative estimate of drug-likeness (QED) is 0.613. The molecule has 2 aliphatic carbocycles. The summed E-state index contributed by atoms with van der Waals surface area (Å²) < 4.78 is 38.4. The molecule has 0 aliphatic heterocycles. The summed E-state index contributed by atoms with van der Waals surface area (Å²) in [7, 11) is 0. The average Bonchev–Trinajstić information content (AvgIpc) is 2.86. The van der Waals surface area contributed by atoms with Gasteiger partial charge in [-0.2, -0.15) is 18.4 Å². The Balaban J connectivity index is 1.72. The lowest BCUT2D eigenvalue weighted by molar-refractivity contribution is -0.149. The Morgan fingerprint density at radius 1 is 1.24 bits per heavy atom. The second-order valence-electron chi connectivity index (χ2n) is 9.43. The summed E-state index contributed by atoms with van der Waals surface area (Å²) >= 11 is 0. The number of halogens is 3. The number of nitriles is 1. The number of nitrogens with one attached hydrogen (secondary N) is 1. The van der Waals surface area contributed by atoms with Crippen LogP contribution in [0.4, 0.5) is 13.2 Å². The van der Waals surface area contributed by atoms with E-state index in [-0.39, 0.29) is 11.5 Å². The van der Waals surface area contributed by atoms with Gasteiger partial charge >= 0.3 is 6.18 Å². The van der Waals surface area contributed by atoms with Gasteiger partial charge < -0.3 is 5.32 Å². The van der Waals surface area contributed by atoms with Crippen LogP contribution in [0.25, 0.3) is 11.1 Å². The zero-order chi connectivity index (χ0) is 24.6. The Kier molecular flexibility index (Phi) is 6.48. The van der Waals surface area contributed by atoms with E-state index in [4.69, 9.17) is 4.98 Å². The van der Waals surface area contributed by atoms with Crippen LogP contribution in [0.1, 0.15) is 78.3 Å². The first kappa shape index (κ1) is 23.9. The number of hydrogen-bond donors (Lipinski definition) is 1. The van der Waals surface area contributed by atoms with Crippen molar-refractivity contribution in [2.45, 2.75) is 64.6 Å². The number of allylic oxidation sites excluding steroid dienone is 2. The van der Waals surface area contributed by atoms with Crippen molar-refractivity contribution in [2.24, 2.45) is 11.8 Å². The Labute approximate surface area is 197 Å². The fourth-order valence-corrected chi connectivity index (χ4v) is 4.89. The molecule has 34 heavy (non-hydrogen) atoms. The number of hydrogen-bond acceptors (Lipinski definition) is 4. The number of rotatable bonds is 4. The molecule has 1 N–H and O–H groups in total. The number of nitrogens with zero attached hydrogens (tertiary/aromatic N) is 3. The van der Waals surface area contributed by atoms with Crippen molar-refractivity contribution in [3.8, 4) is 6.07 Å². The second-order valence-corrected chi connectivity index (χ2v) is 9.43.